The van der Waals surface area contributed by atoms with Crippen LogP contribution in [0.25, 0.3) is 0 Å². The van der Waals surface area contributed by atoms with Gasteiger partial charge >= 0.3 is 0 Å². The molecule has 0 radical (unpaired) electrons. The minimum absolute atomic E-state index is 0.867. The monoisotopic (exact) mass is 351 g/mol. The number of nitrogens with one attached hydrogen (secondary N) is 1. The standard InChI is InChI=1S/C17H26BrN3/c1-19-13-14-6-7-15(18)12-17(14)21-10-8-20(9-11-21)16-4-2-3-5-16/h6-7,12,16,19H,2-5,8-11,13H2,1H3. The molecule has 0 spiro atoms. The Morgan fingerprint density at radius 2 is 1.86 bits per heavy atom. The van der Waals surface area contributed by atoms with Crippen molar-refractivity contribution in [3.05, 3.63) is 28.2 Å². The van der Waals surface area contributed by atoms with Crippen molar-refractivity contribution in [3.63, 3.8) is 0 Å². The lowest BCUT2D eigenvalue weighted by atomic mass is 10.1. The van der Waals surface area contributed by atoms with E-state index < -0.39 is 0 Å². The molecule has 0 unspecified atom stereocenters. The average molecular weight is 352 g/mol. The Morgan fingerprint density at radius 3 is 2.52 bits per heavy atom. The topological polar surface area (TPSA) is 18.5 Å². The summed E-state index contributed by atoms with van der Waals surface area (Å²) < 4.78 is 1.18. The quantitative estimate of drug-likeness (QED) is 0.898. The molecule has 2 aliphatic rings. The first-order valence-corrected chi connectivity index (χ1v) is 8.99. The molecule has 1 aliphatic carbocycles. The van der Waals surface area contributed by atoms with Crippen LogP contribution in [0.1, 0.15) is 31.2 Å². The summed E-state index contributed by atoms with van der Waals surface area (Å²) in [5.74, 6) is 0. The van der Waals surface area contributed by atoms with E-state index in [2.05, 4.69) is 49.2 Å². The van der Waals surface area contributed by atoms with E-state index in [4.69, 9.17) is 0 Å². The molecular weight excluding hydrogens is 326 g/mol. The molecule has 3 nitrogen and oxygen atoms in total. The van der Waals surface area contributed by atoms with Gasteiger partial charge in [-0.1, -0.05) is 34.8 Å². The lowest BCUT2D eigenvalue weighted by Gasteiger charge is -2.40. The van der Waals surface area contributed by atoms with Gasteiger partial charge < -0.3 is 10.2 Å². The third-order valence-corrected chi connectivity index (χ3v) is 5.40. The number of halogens is 1. The van der Waals surface area contributed by atoms with Crippen LogP contribution in [-0.4, -0.2) is 44.2 Å². The Balaban J connectivity index is 1.67. The second-order valence-corrected chi connectivity index (χ2v) is 7.18. The van der Waals surface area contributed by atoms with Crippen LogP contribution >= 0.6 is 15.9 Å². The van der Waals surface area contributed by atoms with Crippen LogP contribution in [0.4, 0.5) is 5.69 Å². The van der Waals surface area contributed by atoms with Crippen LogP contribution in [0.2, 0.25) is 0 Å². The first-order valence-electron chi connectivity index (χ1n) is 8.20. The molecule has 1 aliphatic heterocycles. The van der Waals surface area contributed by atoms with Crippen LogP contribution in [0.15, 0.2) is 22.7 Å². The Bertz CT molecular complexity index is 463. The number of nitrogens with zero attached hydrogens (tertiary/aromatic N) is 2. The maximum Gasteiger partial charge on any atom is 0.0424 e. The third kappa shape index (κ3) is 3.61. The Hall–Kier alpha value is -0.580. The van der Waals surface area contributed by atoms with Gasteiger partial charge in [0.05, 0.1) is 0 Å². The average Bonchev–Trinajstić information content (AvgIpc) is 3.04. The molecule has 1 heterocycles. The SMILES string of the molecule is CNCc1ccc(Br)cc1N1CCN(C2CCCC2)CC1. The molecule has 21 heavy (non-hydrogen) atoms. The zero-order valence-corrected chi connectivity index (χ0v) is 14.5. The number of benzene rings is 1. The van der Waals surface area contributed by atoms with Crippen molar-refractivity contribution in [2.24, 2.45) is 0 Å². The molecule has 1 saturated carbocycles. The van der Waals surface area contributed by atoms with Crippen LogP contribution in [0.3, 0.4) is 0 Å². The van der Waals surface area contributed by atoms with Crippen LogP contribution in [0.5, 0.6) is 0 Å². The maximum absolute atomic E-state index is 3.62. The Kier molecular flexibility index (Phi) is 5.19. The molecule has 1 aromatic carbocycles. The number of rotatable bonds is 4. The first kappa shape index (κ1) is 15.3. The van der Waals surface area contributed by atoms with Crippen molar-refractivity contribution >= 4 is 21.6 Å². The van der Waals surface area contributed by atoms with Gasteiger partial charge in [0.1, 0.15) is 0 Å². The van der Waals surface area contributed by atoms with Crippen LogP contribution < -0.4 is 10.2 Å². The second kappa shape index (κ2) is 7.12. The van der Waals surface area contributed by atoms with Gasteiger partial charge in [-0.2, -0.15) is 0 Å². The summed E-state index contributed by atoms with van der Waals surface area (Å²) in [5, 5.41) is 3.28. The Morgan fingerprint density at radius 1 is 1.14 bits per heavy atom. The van der Waals surface area contributed by atoms with E-state index in [1.807, 2.05) is 7.05 Å². The van der Waals surface area contributed by atoms with E-state index in [0.29, 0.717) is 0 Å². The molecule has 1 N–H and O–H groups in total. The molecule has 4 heteroatoms. The summed E-state index contributed by atoms with van der Waals surface area (Å²) in [6.45, 7) is 5.69. The zero-order valence-electron chi connectivity index (χ0n) is 12.9. The highest BCUT2D eigenvalue weighted by Crippen LogP contribution is 2.29. The molecule has 0 atom stereocenters. The number of anilines is 1. The molecule has 0 bridgehead atoms. The first-order chi connectivity index (χ1) is 10.3. The molecule has 1 saturated heterocycles. The Labute approximate surface area is 136 Å². The summed E-state index contributed by atoms with van der Waals surface area (Å²) in [6.07, 6.45) is 5.70. The highest BCUT2D eigenvalue weighted by molar-refractivity contribution is 9.10. The van der Waals surface area contributed by atoms with E-state index in [0.717, 1.165) is 25.7 Å². The zero-order chi connectivity index (χ0) is 14.7. The molecule has 1 aromatic rings. The summed E-state index contributed by atoms with van der Waals surface area (Å²) >= 11 is 3.62. The summed E-state index contributed by atoms with van der Waals surface area (Å²) in [4.78, 5) is 5.28. The predicted molar refractivity (Wildman–Crippen MR) is 92.9 cm³/mol. The molecule has 3 rings (SSSR count). The van der Waals surface area contributed by atoms with Crippen LogP contribution in [-0.2, 0) is 6.54 Å². The normalized spacial score (nSPS) is 21.1. The van der Waals surface area contributed by atoms with Gasteiger partial charge in [-0.3, -0.25) is 4.90 Å². The molecule has 0 amide bonds. The molecule has 2 fully saturated rings. The van der Waals surface area contributed by atoms with E-state index in [9.17, 15) is 0 Å². The lowest BCUT2D eigenvalue weighted by molar-refractivity contribution is 0.187. The highest BCUT2D eigenvalue weighted by Gasteiger charge is 2.26. The smallest absolute Gasteiger partial charge is 0.0424 e. The van der Waals surface area contributed by atoms with Crippen molar-refractivity contribution in [1.29, 1.82) is 0 Å². The van der Waals surface area contributed by atoms with Crippen LogP contribution in [0, 0.1) is 0 Å². The minimum Gasteiger partial charge on any atom is -0.369 e. The third-order valence-electron chi connectivity index (χ3n) is 4.91. The maximum atomic E-state index is 3.62. The highest BCUT2D eigenvalue weighted by atomic mass is 79.9. The molecule has 0 aromatic heterocycles. The van der Waals surface area contributed by atoms with Crippen molar-refractivity contribution in [3.8, 4) is 0 Å². The largest absolute Gasteiger partial charge is 0.369 e. The minimum atomic E-state index is 0.867. The number of hydrogen-bond donors (Lipinski definition) is 1. The van der Waals surface area contributed by atoms with E-state index in [1.165, 1.54) is 54.5 Å². The van der Waals surface area contributed by atoms with E-state index >= 15 is 0 Å². The van der Waals surface area contributed by atoms with Gasteiger partial charge in [0.25, 0.3) is 0 Å². The summed E-state index contributed by atoms with van der Waals surface area (Å²) in [7, 11) is 2.02. The van der Waals surface area contributed by atoms with E-state index in [-0.39, 0.29) is 0 Å². The van der Waals surface area contributed by atoms with Gasteiger partial charge in [0, 0.05) is 48.9 Å². The molecule has 116 valence electrons. The fourth-order valence-electron chi connectivity index (χ4n) is 3.77. The van der Waals surface area contributed by atoms with Gasteiger partial charge in [-0.15, -0.1) is 0 Å². The van der Waals surface area contributed by atoms with E-state index in [1.54, 1.807) is 0 Å². The number of hydrogen-bond acceptors (Lipinski definition) is 3. The predicted octanol–water partition coefficient (Wildman–Crippen LogP) is 3.23. The van der Waals surface area contributed by atoms with Gasteiger partial charge in [-0.25, -0.2) is 0 Å². The fourth-order valence-corrected chi connectivity index (χ4v) is 4.12. The number of piperazine rings is 1. The van der Waals surface area contributed by atoms with Gasteiger partial charge in [0.15, 0.2) is 0 Å². The fraction of sp³-hybridized carbons (Fsp3) is 0.647. The molecular formula is C17H26BrN3. The van der Waals surface area contributed by atoms with Gasteiger partial charge in [-0.05, 0) is 37.6 Å². The second-order valence-electron chi connectivity index (χ2n) is 6.26. The van der Waals surface area contributed by atoms with Gasteiger partial charge in [0.2, 0.25) is 0 Å². The van der Waals surface area contributed by atoms with Crippen molar-refractivity contribution < 1.29 is 0 Å². The summed E-state index contributed by atoms with van der Waals surface area (Å²) in [5.41, 5.74) is 2.79. The van der Waals surface area contributed by atoms with Crippen molar-refractivity contribution in [1.82, 2.24) is 10.2 Å². The van der Waals surface area contributed by atoms with Crippen molar-refractivity contribution in [2.45, 2.75) is 38.3 Å². The van der Waals surface area contributed by atoms with Crippen molar-refractivity contribution in [2.75, 3.05) is 38.1 Å². The summed E-state index contributed by atoms with van der Waals surface area (Å²) in [6, 6.07) is 7.52. The lowest BCUT2D eigenvalue weighted by Crippen LogP contribution is -2.50.